The van der Waals surface area contributed by atoms with Crippen LogP contribution in [-0.2, 0) is 12.8 Å². The van der Waals surface area contributed by atoms with E-state index in [4.69, 9.17) is 0 Å². The van der Waals surface area contributed by atoms with Crippen molar-refractivity contribution in [3.05, 3.63) is 58.4 Å². The van der Waals surface area contributed by atoms with Gasteiger partial charge in [-0.15, -0.1) is 12.2 Å². The molecule has 1 aliphatic heterocycles. The fraction of sp³-hybridized carbons (Fsp3) is 0.333. The number of nitrogens with zero attached hydrogens (tertiary/aromatic N) is 1. The predicted octanol–water partition coefficient (Wildman–Crippen LogP) is 4.07. The topological polar surface area (TPSA) is 14.1 Å². The second kappa shape index (κ2) is 4.17. The average molecular weight is 210 g/mol. The van der Waals surface area contributed by atoms with Crippen LogP contribution in [0.15, 0.2) is 42.0 Å². The lowest BCUT2D eigenvalue weighted by atomic mass is 9.94. The quantitative estimate of drug-likeness (QED) is 0.698. The SMILES string of the molecule is C1=CCCC(Cc2cccc3c2CC[N-]3)=C1. The van der Waals surface area contributed by atoms with E-state index in [0.717, 1.165) is 19.4 Å². The van der Waals surface area contributed by atoms with E-state index >= 15 is 0 Å². The molecular formula is C15H16N-. The minimum atomic E-state index is 0.977. The Morgan fingerprint density at radius 3 is 3.06 bits per heavy atom. The molecule has 0 saturated carbocycles. The molecule has 1 heterocycles. The summed E-state index contributed by atoms with van der Waals surface area (Å²) in [7, 11) is 0. The lowest BCUT2D eigenvalue weighted by molar-refractivity contribution is 0.904. The first kappa shape index (κ1) is 9.71. The number of benzene rings is 1. The van der Waals surface area contributed by atoms with Gasteiger partial charge in [0.1, 0.15) is 0 Å². The van der Waals surface area contributed by atoms with E-state index in [1.165, 1.54) is 29.7 Å². The summed E-state index contributed by atoms with van der Waals surface area (Å²) in [5.74, 6) is 0. The van der Waals surface area contributed by atoms with E-state index in [0.29, 0.717) is 0 Å². The lowest BCUT2D eigenvalue weighted by Gasteiger charge is -2.16. The van der Waals surface area contributed by atoms with Crippen LogP contribution in [0.4, 0.5) is 5.69 Å². The molecule has 2 aliphatic rings. The Hall–Kier alpha value is -1.50. The zero-order valence-electron chi connectivity index (χ0n) is 9.45. The van der Waals surface area contributed by atoms with Crippen molar-refractivity contribution in [3.8, 4) is 0 Å². The average Bonchev–Trinajstić information content (AvgIpc) is 2.80. The number of fused-ring (bicyclic) bond motifs is 1. The zero-order chi connectivity index (χ0) is 10.8. The smallest absolute Gasteiger partial charge is 0.00616 e. The molecule has 16 heavy (non-hydrogen) atoms. The number of hydrogen-bond donors (Lipinski definition) is 0. The molecule has 0 atom stereocenters. The van der Waals surface area contributed by atoms with Crippen LogP contribution >= 0.6 is 0 Å². The van der Waals surface area contributed by atoms with Gasteiger partial charge in [0.15, 0.2) is 0 Å². The van der Waals surface area contributed by atoms with Crippen molar-refractivity contribution in [1.29, 1.82) is 0 Å². The molecular weight excluding hydrogens is 194 g/mol. The predicted molar refractivity (Wildman–Crippen MR) is 68.2 cm³/mol. The molecule has 0 amide bonds. The second-order valence-electron chi connectivity index (χ2n) is 4.52. The third kappa shape index (κ3) is 1.78. The molecule has 0 fully saturated rings. The van der Waals surface area contributed by atoms with Crippen LogP contribution < -0.4 is 0 Å². The number of hydrogen-bond acceptors (Lipinski definition) is 0. The molecule has 1 aliphatic carbocycles. The van der Waals surface area contributed by atoms with E-state index in [2.05, 4.69) is 41.7 Å². The van der Waals surface area contributed by atoms with Gasteiger partial charge >= 0.3 is 0 Å². The van der Waals surface area contributed by atoms with Crippen LogP contribution in [-0.4, -0.2) is 6.54 Å². The van der Waals surface area contributed by atoms with Crippen molar-refractivity contribution in [2.45, 2.75) is 25.7 Å². The molecule has 1 heteroatoms. The van der Waals surface area contributed by atoms with Crippen LogP contribution in [0.2, 0.25) is 0 Å². The fourth-order valence-electron chi connectivity index (χ4n) is 2.56. The largest absolute Gasteiger partial charge is 0.684 e. The maximum Gasteiger partial charge on any atom is -0.00616 e. The third-order valence-electron chi connectivity index (χ3n) is 3.41. The summed E-state index contributed by atoms with van der Waals surface area (Å²) in [6, 6.07) is 6.54. The van der Waals surface area contributed by atoms with E-state index in [-0.39, 0.29) is 0 Å². The number of rotatable bonds is 2. The van der Waals surface area contributed by atoms with Crippen LogP contribution in [0.25, 0.3) is 5.32 Å². The molecule has 0 saturated heterocycles. The van der Waals surface area contributed by atoms with Gasteiger partial charge in [-0.05, 0) is 31.2 Å². The molecule has 0 aromatic heterocycles. The van der Waals surface area contributed by atoms with E-state index < -0.39 is 0 Å². The highest BCUT2D eigenvalue weighted by Gasteiger charge is 2.08. The van der Waals surface area contributed by atoms with Gasteiger partial charge in [0.25, 0.3) is 0 Å². The Morgan fingerprint density at radius 1 is 1.19 bits per heavy atom. The summed E-state index contributed by atoms with van der Waals surface area (Å²) in [4.78, 5) is 0. The summed E-state index contributed by atoms with van der Waals surface area (Å²) in [6.45, 7) is 0.977. The molecule has 0 unspecified atom stereocenters. The molecule has 1 aromatic carbocycles. The van der Waals surface area contributed by atoms with Gasteiger partial charge in [0, 0.05) is 0 Å². The summed E-state index contributed by atoms with van der Waals surface area (Å²) in [5, 5.41) is 4.52. The summed E-state index contributed by atoms with van der Waals surface area (Å²) < 4.78 is 0. The number of allylic oxidation sites excluding steroid dienone is 4. The van der Waals surface area contributed by atoms with Crippen LogP contribution in [0, 0.1) is 0 Å². The van der Waals surface area contributed by atoms with Gasteiger partial charge in [-0.2, -0.15) is 0 Å². The Balaban J connectivity index is 1.87. The molecule has 1 aromatic rings. The van der Waals surface area contributed by atoms with Crippen molar-refractivity contribution < 1.29 is 0 Å². The van der Waals surface area contributed by atoms with E-state index in [1.807, 2.05) is 0 Å². The maximum atomic E-state index is 4.52. The van der Waals surface area contributed by atoms with Gasteiger partial charge in [-0.1, -0.05) is 47.6 Å². The normalized spacial score (nSPS) is 17.9. The van der Waals surface area contributed by atoms with E-state index in [9.17, 15) is 0 Å². The molecule has 0 bridgehead atoms. The highest BCUT2D eigenvalue weighted by atomic mass is 14.9. The Labute approximate surface area is 96.9 Å². The van der Waals surface area contributed by atoms with E-state index in [1.54, 1.807) is 5.57 Å². The lowest BCUT2D eigenvalue weighted by Crippen LogP contribution is -1.97. The van der Waals surface area contributed by atoms with Crippen molar-refractivity contribution >= 4 is 5.69 Å². The molecule has 0 spiro atoms. The standard InChI is InChI=1S/C15H16N/c1-2-5-12(6-3-1)11-13-7-4-8-15-14(13)9-10-16-15/h1-2,4-5,7-8H,3,6,9-11H2/q-1. The monoisotopic (exact) mass is 210 g/mol. The molecule has 3 rings (SSSR count). The molecule has 0 N–H and O–H groups in total. The van der Waals surface area contributed by atoms with Crippen molar-refractivity contribution in [2.75, 3.05) is 6.54 Å². The Bertz CT molecular complexity index is 455. The van der Waals surface area contributed by atoms with Crippen LogP contribution in [0.3, 0.4) is 0 Å². The van der Waals surface area contributed by atoms with Crippen LogP contribution in [0.5, 0.6) is 0 Å². The highest BCUT2D eigenvalue weighted by Crippen LogP contribution is 2.34. The maximum absolute atomic E-state index is 4.52. The first-order valence-corrected chi connectivity index (χ1v) is 6.06. The summed E-state index contributed by atoms with van der Waals surface area (Å²) in [5.41, 5.74) is 5.76. The van der Waals surface area contributed by atoms with Crippen molar-refractivity contribution in [2.24, 2.45) is 0 Å². The van der Waals surface area contributed by atoms with Gasteiger partial charge in [-0.25, -0.2) is 0 Å². The molecule has 1 nitrogen and oxygen atoms in total. The van der Waals surface area contributed by atoms with Crippen LogP contribution in [0.1, 0.15) is 24.0 Å². The van der Waals surface area contributed by atoms with Gasteiger partial charge in [0.05, 0.1) is 0 Å². The first-order chi connectivity index (χ1) is 7.93. The van der Waals surface area contributed by atoms with Gasteiger partial charge in [0.2, 0.25) is 0 Å². The Morgan fingerprint density at radius 2 is 2.19 bits per heavy atom. The minimum absolute atomic E-state index is 0.977. The van der Waals surface area contributed by atoms with Crippen molar-refractivity contribution in [3.63, 3.8) is 0 Å². The Kier molecular flexibility index (Phi) is 2.53. The zero-order valence-corrected chi connectivity index (χ0v) is 9.45. The molecule has 82 valence electrons. The van der Waals surface area contributed by atoms with Gasteiger partial charge < -0.3 is 5.32 Å². The third-order valence-corrected chi connectivity index (χ3v) is 3.41. The molecule has 0 radical (unpaired) electrons. The summed E-state index contributed by atoms with van der Waals surface area (Å²) >= 11 is 0. The fourth-order valence-corrected chi connectivity index (χ4v) is 2.56. The van der Waals surface area contributed by atoms with Crippen molar-refractivity contribution in [1.82, 2.24) is 0 Å². The van der Waals surface area contributed by atoms with Gasteiger partial charge in [-0.3, -0.25) is 0 Å². The minimum Gasteiger partial charge on any atom is -0.684 e. The highest BCUT2D eigenvalue weighted by molar-refractivity contribution is 5.63. The first-order valence-electron chi connectivity index (χ1n) is 6.06. The second-order valence-corrected chi connectivity index (χ2v) is 4.52. The summed E-state index contributed by atoms with van der Waals surface area (Å²) in [6.07, 6.45) is 11.4.